The highest BCUT2D eigenvalue weighted by Gasteiger charge is 2.31. The number of anilines is 1. The number of hydrogen-bond acceptors (Lipinski definition) is 4. The Bertz CT molecular complexity index is 1080. The summed E-state index contributed by atoms with van der Waals surface area (Å²) < 4.78 is 44.6. The summed E-state index contributed by atoms with van der Waals surface area (Å²) in [5.41, 5.74) is -0.753. The normalized spacial score (nSPS) is 11.4. The predicted octanol–water partition coefficient (Wildman–Crippen LogP) is 5.14. The van der Waals surface area contributed by atoms with Crippen LogP contribution in [0.3, 0.4) is 0 Å². The first-order valence-electron chi connectivity index (χ1n) is 8.61. The summed E-state index contributed by atoms with van der Waals surface area (Å²) in [6.45, 7) is 2.09. The predicted molar refractivity (Wildman–Crippen MR) is 100 cm³/mol. The van der Waals surface area contributed by atoms with Crippen molar-refractivity contribution in [3.8, 4) is 5.75 Å². The molecule has 0 radical (unpaired) electrons. The van der Waals surface area contributed by atoms with E-state index in [0.29, 0.717) is 11.9 Å². The van der Waals surface area contributed by atoms with Gasteiger partial charge in [-0.3, -0.25) is 14.9 Å². The molecule has 1 amide bonds. The number of fused-ring (bicyclic) bond motifs is 1. The van der Waals surface area contributed by atoms with Gasteiger partial charge in [-0.05, 0) is 30.7 Å². The van der Waals surface area contributed by atoms with Gasteiger partial charge in [0.15, 0.2) is 0 Å². The van der Waals surface area contributed by atoms with Gasteiger partial charge in [-0.25, -0.2) is 0 Å². The summed E-state index contributed by atoms with van der Waals surface area (Å²) in [5.74, 6) is -0.628. The van der Waals surface area contributed by atoms with E-state index in [1.54, 1.807) is 0 Å². The molecular formula is C19H16F3N3O4. The maximum atomic E-state index is 13.1. The standard InChI is InChI=1S/C19H16F3N3O4/c1-2-7-29-17-6-3-11(19(20,21)22)8-16(17)24-18(26)14-10-23-15-5-4-12(25(27)28)9-13(14)15/h3-6,8-10,23H,2,7H2,1H3,(H,24,26). The monoisotopic (exact) mass is 407 g/mol. The molecule has 0 unspecified atom stereocenters. The van der Waals surface area contributed by atoms with Crippen molar-refractivity contribution >= 4 is 28.2 Å². The molecule has 3 aromatic rings. The van der Waals surface area contributed by atoms with E-state index in [9.17, 15) is 28.1 Å². The highest BCUT2D eigenvalue weighted by molar-refractivity contribution is 6.13. The van der Waals surface area contributed by atoms with E-state index in [2.05, 4.69) is 10.3 Å². The number of aromatic nitrogens is 1. The maximum absolute atomic E-state index is 13.1. The molecule has 0 aliphatic carbocycles. The van der Waals surface area contributed by atoms with Gasteiger partial charge in [0.05, 0.1) is 28.3 Å². The lowest BCUT2D eigenvalue weighted by molar-refractivity contribution is -0.384. The summed E-state index contributed by atoms with van der Waals surface area (Å²) >= 11 is 0. The van der Waals surface area contributed by atoms with Gasteiger partial charge in [0.2, 0.25) is 0 Å². The zero-order chi connectivity index (χ0) is 21.2. The molecule has 0 saturated heterocycles. The first-order valence-corrected chi connectivity index (χ1v) is 8.61. The highest BCUT2D eigenvalue weighted by Crippen LogP contribution is 2.35. The number of H-pyrrole nitrogens is 1. The van der Waals surface area contributed by atoms with Crippen LogP contribution in [0, 0.1) is 10.1 Å². The molecule has 0 fully saturated rings. The summed E-state index contributed by atoms with van der Waals surface area (Å²) in [6, 6.07) is 6.76. The van der Waals surface area contributed by atoms with Crippen molar-refractivity contribution in [3.05, 3.63) is 63.8 Å². The molecular weight excluding hydrogens is 391 g/mol. The van der Waals surface area contributed by atoms with E-state index in [4.69, 9.17) is 4.74 Å². The van der Waals surface area contributed by atoms with Gasteiger partial charge in [0, 0.05) is 29.2 Å². The smallest absolute Gasteiger partial charge is 0.416 e. The zero-order valence-corrected chi connectivity index (χ0v) is 15.2. The average Bonchev–Trinajstić information content (AvgIpc) is 3.09. The number of halogens is 3. The van der Waals surface area contributed by atoms with Crippen molar-refractivity contribution in [2.75, 3.05) is 11.9 Å². The minimum absolute atomic E-state index is 0.0579. The molecule has 1 heterocycles. The van der Waals surface area contributed by atoms with Crippen LogP contribution < -0.4 is 10.1 Å². The first-order chi connectivity index (χ1) is 13.7. The molecule has 152 valence electrons. The molecule has 0 aliphatic rings. The van der Waals surface area contributed by atoms with Gasteiger partial charge in [-0.1, -0.05) is 6.92 Å². The van der Waals surface area contributed by atoms with E-state index in [1.165, 1.54) is 24.4 Å². The number of benzene rings is 2. The molecule has 29 heavy (non-hydrogen) atoms. The molecule has 0 spiro atoms. The Balaban J connectivity index is 1.98. The molecule has 0 saturated carbocycles. The van der Waals surface area contributed by atoms with E-state index in [-0.39, 0.29) is 34.7 Å². The number of hydrogen-bond donors (Lipinski definition) is 2. The molecule has 7 nitrogen and oxygen atoms in total. The summed E-state index contributed by atoms with van der Waals surface area (Å²) in [7, 11) is 0. The number of nitro benzene ring substituents is 1. The minimum Gasteiger partial charge on any atom is -0.491 e. The van der Waals surface area contributed by atoms with E-state index in [0.717, 1.165) is 18.2 Å². The second-order valence-electron chi connectivity index (χ2n) is 6.20. The lowest BCUT2D eigenvalue weighted by Gasteiger charge is -2.15. The van der Waals surface area contributed by atoms with Gasteiger partial charge in [-0.2, -0.15) is 13.2 Å². The lowest BCUT2D eigenvalue weighted by atomic mass is 10.1. The SMILES string of the molecule is CCCOc1ccc(C(F)(F)F)cc1NC(=O)c1c[nH]c2ccc([N+](=O)[O-])cc12. The fraction of sp³-hybridized carbons (Fsp3) is 0.211. The number of non-ortho nitro benzene ring substituents is 1. The Morgan fingerprint density at radius 2 is 2.00 bits per heavy atom. The number of carbonyl (C=O) groups excluding carboxylic acids is 1. The maximum Gasteiger partial charge on any atom is 0.416 e. The molecule has 2 aromatic carbocycles. The molecule has 1 aromatic heterocycles. The van der Waals surface area contributed by atoms with Crippen LogP contribution in [-0.2, 0) is 6.18 Å². The van der Waals surface area contributed by atoms with Gasteiger partial charge >= 0.3 is 6.18 Å². The summed E-state index contributed by atoms with van der Waals surface area (Å²) in [4.78, 5) is 25.9. The van der Waals surface area contributed by atoms with Crippen LogP contribution in [-0.4, -0.2) is 22.4 Å². The number of carbonyl (C=O) groups is 1. The fourth-order valence-corrected chi connectivity index (χ4v) is 2.74. The number of amides is 1. The Hall–Kier alpha value is -3.56. The Morgan fingerprint density at radius 3 is 2.66 bits per heavy atom. The Morgan fingerprint density at radius 1 is 1.24 bits per heavy atom. The van der Waals surface area contributed by atoms with E-state index >= 15 is 0 Å². The number of ether oxygens (including phenoxy) is 1. The second kappa shape index (κ2) is 7.82. The fourth-order valence-electron chi connectivity index (χ4n) is 2.74. The van der Waals surface area contributed by atoms with Gasteiger partial charge in [0.1, 0.15) is 5.75 Å². The van der Waals surface area contributed by atoms with E-state index < -0.39 is 22.6 Å². The van der Waals surface area contributed by atoms with Crippen LogP contribution in [0.15, 0.2) is 42.6 Å². The second-order valence-corrected chi connectivity index (χ2v) is 6.20. The molecule has 3 rings (SSSR count). The first kappa shape index (κ1) is 20.2. The average molecular weight is 407 g/mol. The third kappa shape index (κ3) is 4.31. The summed E-state index contributed by atoms with van der Waals surface area (Å²) in [5, 5.41) is 13.7. The molecule has 0 bridgehead atoms. The van der Waals surface area contributed by atoms with Crippen molar-refractivity contribution in [2.45, 2.75) is 19.5 Å². The molecule has 0 atom stereocenters. The number of alkyl halides is 3. The zero-order valence-electron chi connectivity index (χ0n) is 15.2. The Kier molecular flexibility index (Phi) is 5.44. The van der Waals surface area contributed by atoms with Crippen molar-refractivity contribution in [1.29, 1.82) is 0 Å². The number of nitrogens with zero attached hydrogens (tertiary/aromatic N) is 1. The van der Waals surface area contributed by atoms with Crippen LogP contribution in [0.4, 0.5) is 24.5 Å². The van der Waals surface area contributed by atoms with Crippen LogP contribution in [0.5, 0.6) is 5.75 Å². The number of nitrogens with one attached hydrogen (secondary N) is 2. The van der Waals surface area contributed by atoms with Gasteiger partial charge in [-0.15, -0.1) is 0 Å². The van der Waals surface area contributed by atoms with Crippen LogP contribution in [0.1, 0.15) is 29.3 Å². The van der Waals surface area contributed by atoms with Crippen LogP contribution in [0.2, 0.25) is 0 Å². The third-order valence-corrected chi connectivity index (χ3v) is 4.14. The van der Waals surface area contributed by atoms with Gasteiger partial charge < -0.3 is 15.0 Å². The number of nitro groups is 1. The highest BCUT2D eigenvalue weighted by atomic mass is 19.4. The van der Waals surface area contributed by atoms with E-state index in [1.807, 2.05) is 6.92 Å². The van der Waals surface area contributed by atoms with Crippen LogP contribution >= 0.6 is 0 Å². The van der Waals surface area contributed by atoms with Crippen molar-refractivity contribution < 1.29 is 27.6 Å². The summed E-state index contributed by atoms with van der Waals surface area (Å²) in [6.07, 6.45) is -2.63. The molecule has 2 N–H and O–H groups in total. The largest absolute Gasteiger partial charge is 0.491 e. The van der Waals surface area contributed by atoms with Crippen molar-refractivity contribution in [1.82, 2.24) is 4.98 Å². The van der Waals surface area contributed by atoms with Crippen molar-refractivity contribution in [3.63, 3.8) is 0 Å². The lowest BCUT2D eigenvalue weighted by Crippen LogP contribution is -2.14. The number of rotatable bonds is 6. The quantitative estimate of drug-likeness (QED) is 0.437. The Labute approximate surface area is 162 Å². The third-order valence-electron chi connectivity index (χ3n) is 4.14. The van der Waals surface area contributed by atoms with Crippen LogP contribution in [0.25, 0.3) is 10.9 Å². The van der Waals surface area contributed by atoms with Crippen molar-refractivity contribution in [2.24, 2.45) is 0 Å². The topological polar surface area (TPSA) is 97.3 Å². The molecule has 0 aliphatic heterocycles. The minimum atomic E-state index is -4.59. The molecule has 10 heteroatoms. The number of aromatic amines is 1. The van der Waals surface area contributed by atoms with Gasteiger partial charge in [0.25, 0.3) is 11.6 Å².